The fraction of sp³-hybridized carbons (Fsp3) is 0.385. The summed E-state index contributed by atoms with van der Waals surface area (Å²) >= 11 is 0. The third kappa shape index (κ3) is 4.17. The Morgan fingerprint density at radius 3 is 2.47 bits per heavy atom. The molecule has 1 rings (SSSR count). The summed E-state index contributed by atoms with van der Waals surface area (Å²) in [5.41, 5.74) is 3.58. The van der Waals surface area contributed by atoms with Crippen LogP contribution in [0.25, 0.3) is 0 Å². The number of carbonyl (C=O) groups is 1. The minimum absolute atomic E-state index is 0.0455. The van der Waals surface area contributed by atoms with Crippen molar-refractivity contribution in [1.29, 1.82) is 0 Å². The summed E-state index contributed by atoms with van der Waals surface area (Å²) in [6.07, 6.45) is 0.947. The van der Waals surface area contributed by atoms with Gasteiger partial charge in [-0.3, -0.25) is 14.9 Å². The van der Waals surface area contributed by atoms with Crippen LogP contribution in [0.2, 0.25) is 0 Å². The molecule has 0 heterocycles. The Labute approximate surface area is 111 Å². The van der Waals surface area contributed by atoms with Gasteiger partial charge in [0.05, 0.1) is 4.92 Å². The molecule has 0 saturated heterocycles. The third-order valence-corrected chi connectivity index (χ3v) is 3.00. The first-order chi connectivity index (χ1) is 8.95. The lowest BCUT2D eigenvalue weighted by molar-refractivity contribution is -0.384. The fourth-order valence-corrected chi connectivity index (χ4v) is 1.34. The van der Waals surface area contributed by atoms with E-state index in [1.807, 2.05) is 20.8 Å². The van der Waals surface area contributed by atoms with Gasteiger partial charge in [-0.15, -0.1) is 0 Å². The smallest absolute Gasteiger partial charge is 0.267 e. The molecule has 1 aromatic carbocycles. The van der Waals surface area contributed by atoms with Crippen molar-refractivity contribution in [1.82, 2.24) is 5.43 Å². The summed E-state index contributed by atoms with van der Waals surface area (Å²) in [7, 11) is 0. The number of nitro groups is 1. The maximum atomic E-state index is 11.8. The maximum Gasteiger partial charge on any atom is 0.271 e. The van der Waals surface area contributed by atoms with Gasteiger partial charge in [0.1, 0.15) is 0 Å². The molecule has 19 heavy (non-hydrogen) atoms. The molecule has 0 fully saturated rings. The van der Waals surface area contributed by atoms with Crippen LogP contribution < -0.4 is 5.43 Å². The summed E-state index contributed by atoms with van der Waals surface area (Å²) in [6, 6.07) is 5.39. The maximum absolute atomic E-state index is 11.8. The van der Waals surface area contributed by atoms with Crippen LogP contribution in [0.1, 0.15) is 37.6 Å². The van der Waals surface area contributed by atoms with Crippen molar-refractivity contribution in [2.75, 3.05) is 0 Å². The molecule has 6 heteroatoms. The highest BCUT2D eigenvalue weighted by atomic mass is 16.6. The summed E-state index contributed by atoms with van der Waals surface area (Å²) in [5, 5.41) is 14.5. The van der Waals surface area contributed by atoms with Gasteiger partial charge in [-0.25, -0.2) is 5.43 Å². The Bertz CT molecular complexity index is 494. The van der Waals surface area contributed by atoms with E-state index in [0.717, 1.165) is 12.1 Å². The number of nitro benzene ring substituents is 1. The second kappa shape index (κ2) is 6.63. The molecule has 0 aliphatic heterocycles. The largest absolute Gasteiger partial charge is 0.271 e. The first kappa shape index (κ1) is 14.8. The molecule has 0 saturated carbocycles. The first-order valence-electron chi connectivity index (χ1n) is 6.04. The molecule has 0 radical (unpaired) electrons. The van der Waals surface area contributed by atoms with Crippen LogP contribution in [0.3, 0.4) is 0 Å². The molecule has 0 spiro atoms. The van der Waals surface area contributed by atoms with E-state index >= 15 is 0 Å². The summed E-state index contributed by atoms with van der Waals surface area (Å²) < 4.78 is 0. The third-order valence-electron chi connectivity index (χ3n) is 3.00. The number of non-ortho nitro benzene ring substituents is 1. The number of hydrogen-bond donors (Lipinski definition) is 1. The van der Waals surface area contributed by atoms with Gasteiger partial charge in [0.15, 0.2) is 0 Å². The predicted molar refractivity (Wildman–Crippen MR) is 73.1 cm³/mol. The van der Waals surface area contributed by atoms with Gasteiger partial charge in [-0.2, -0.15) is 5.10 Å². The Morgan fingerprint density at radius 1 is 1.42 bits per heavy atom. The molecular weight excluding hydrogens is 246 g/mol. The number of nitrogens with one attached hydrogen (secondary N) is 1. The number of benzene rings is 1. The Kier molecular flexibility index (Phi) is 5.17. The van der Waals surface area contributed by atoms with Crippen molar-refractivity contribution >= 4 is 17.3 Å². The van der Waals surface area contributed by atoms with Crippen LogP contribution in [-0.4, -0.2) is 16.5 Å². The van der Waals surface area contributed by atoms with Crippen molar-refractivity contribution in [2.45, 2.75) is 27.2 Å². The van der Waals surface area contributed by atoms with Crippen LogP contribution >= 0.6 is 0 Å². The SMILES string of the molecule is CC[C@@H](C)/C(C)=N\NC(=O)c1ccc([N+](=O)[O-])cc1. The van der Waals surface area contributed by atoms with E-state index in [1.54, 1.807) is 0 Å². The van der Waals surface area contributed by atoms with Gasteiger partial charge >= 0.3 is 0 Å². The normalized spacial score (nSPS) is 12.9. The molecule has 1 amide bonds. The van der Waals surface area contributed by atoms with Crippen LogP contribution in [0.15, 0.2) is 29.4 Å². The van der Waals surface area contributed by atoms with Gasteiger partial charge in [-0.05, 0) is 31.4 Å². The van der Waals surface area contributed by atoms with E-state index in [4.69, 9.17) is 0 Å². The Balaban J connectivity index is 2.71. The molecule has 0 aliphatic rings. The number of hydrogen-bond acceptors (Lipinski definition) is 4. The molecule has 1 atom stereocenters. The lowest BCUT2D eigenvalue weighted by atomic mass is 10.1. The van der Waals surface area contributed by atoms with Crippen molar-refractivity contribution in [2.24, 2.45) is 11.0 Å². The topological polar surface area (TPSA) is 84.6 Å². The molecule has 1 aromatic rings. The highest BCUT2D eigenvalue weighted by Gasteiger charge is 2.09. The van der Waals surface area contributed by atoms with Gasteiger partial charge in [0.25, 0.3) is 11.6 Å². The average molecular weight is 263 g/mol. The van der Waals surface area contributed by atoms with Gasteiger partial charge in [-0.1, -0.05) is 13.8 Å². The molecule has 0 aromatic heterocycles. The van der Waals surface area contributed by atoms with Crippen molar-refractivity contribution in [3.63, 3.8) is 0 Å². The molecule has 102 valence electrons. The fourth-order valence-electron chi connectivity index (χ4n) is 1.34. The quantitative estimate of drug-likeness (QED) is 0.503. The van der Waals surface area contributed by atoms with Crippen molar-refractivity contribution < 1.29 is 9.72 Å². The van der Waals surface area contributed by atoms with Gasteiger partial charge in [0, 0.05) is 23.4 Å². The predicted octanol–water partition coefficient (Wildman–Crippen LogP) is 2.75. The van der Waals surface area contributed by atoms with E-state index in [2.05, 4.69) is 10.5 Å². The first-order valence-corrected chi connectivity index (χ1v) is 6.04. The number of nitrogens with zero attached hydrogens (tertiary/aromatic N) is 2. The van der Waals surface area contributed by atoms with Crippen molar-refractivity contribution in [3.8, 4) is 0 Å². The zero-order valence-corrected chi connectivity index (χ0v) is 11.2. The van der Waals surface area contributed by atoms with E-state index in [1.165, 1.54) is 24.3 Å². The summed E-state index contributed by atoms with van der Waals surface area (Å²) in [5.74, 6) is -0.0743. The Morgan fingerprint density at radius 2 is 2.00 bits per heavy atom. The van der Waals surface area contributed by atoms with Gasteiger partial charge < -0.3 is 0 Å². The van der Waals surface area contributed by atoms with E-state index in [0.29, 0.717) is 11.5 Å². The number of rotatable bonds is 5. The van der Waals surface area contributed by atoms with Crippen LogP contribution in [0.5, 0.6) is 0 Å². The lowest BCUT2D eigenvalue weighted by Crippen LogP contribution is -2.20. The second-order valence-corrected chi connectivity index (χ2v) is 4.31. The Hall–Kier alpha value is -2.24. The van der Waals surface area contributed by atoms with Gasteiger partial charge in [0.2, 0.25) is 0 Å². The number of carbonyl (C=O) groups excluding carboxylic acids is 1. The molecule has 0 unspecified atom stereocenters. The molecular formula is C13H17N3O3. The summed E-state index contributed by atoms with van der Waals surface area (Å²) in [4.78, 5) is 21.7. The van der Waals surface area contributed by atoms with Crippen molar-refractivity contribution in [3.05, 3.63) is 39.9 Å². The zero-order chi connectivity index (χ0) is 14.4. The monoisotopic (exact) mass is 263 g/mol. The zero-order valence-electron chi connectivity index (χ0n) is 11.2. The van der Waals surface area contributed by atoms with Crippen LogP contribution in [0, 0.1) is 16.0 Å². The molecule has 6 nitrogen and oxygen atoms in total. The summed E-state index contributed by atoms with van der Waals surface area (Å²) in [6.45, 7) is 5.92. The second-order valence-electron chi connectivity index (χ2n) is 4.31. The van der Waals surface area contributed by atoms with E-state index in [-0.39, 0.29) is 11.6 Å². The van der Waals surface area contributed by atoms with E-state index in [9.17, 15) is 14.9 Å². The number of hydrazone groups is 1. The molecule has 0 bridgehead atoms. The highest BCUT2D eigenvalue weighted by molar-refractivity contribution is 5.95. The average Bonchev–Trinajstić information content (AvgIpc) is 2.43. The number of amides is 1. The minimum atomic E-state index is -0.507. The van der Waals surface area contributed by atoms with Crippen LogP contribution in [-0.2, 0) is 0 Å². The standard InChI is InChI=1S/C13H17N3O3/c1-4-9(2)10(3)14-15-13(17)11-5-7-12(8-6-11)16(18)19/h5-9H,4H2,1-3H3,(H,15,17)/b14-10-/t9-/m1/s1. The molecule has 0 aliphatic carbocycles. The van der Waals surface area contributed by atoms with E-state index < -0.39 is 4.92 Å². The lowest BCUT2D eigenvalue weighted by Gasteiger charge is -2.07. The minimum Gasteiger partial charge on any atom is -0.267 e. The highest BCUT2D eigenvalue weighted by Crippen LogP contribution is 2.11. The molecule has 1 N–H and O–H groups in total. The van der Waals surface area contributed by atoms with Crippen LogP contribution in [0.4, 0.5) is 5.69 Å².